The predicted molar refractivity (Wildman–Crippen MR) is 127 cm³/mol. The topological polar surface area (TPSA) is 106 Å². The fourth-order valence-corrected chi connectivity index (χ4v) is 4.54. The summed E-state index contributed by atoms with van der Waals surface area (Å²) in [5.74, 6) is 0.602. The second kappa shape index (κ2) is 9.45. The molecule has 192 valence electrons. The van der Waals surface area contributed by atoms with Crippen molar-refractivity contribution in [1.29, 1.82) is 0 Å². The van der Waals surface area contributed by atoms with Gasteiger partial charge in [0.25, 0.3) is 0 Å². The molecule has 0 bridgehead atoms. The zero-order valence-corrected chi connectivity index (χ0v) is 19.9. The van der Waals surface area contributed by atoms with Crippen molar-refractivity contribution in [2.45, 2.75) is 50.2 Å². The molecule has 2 N–H and O–H groups in total. The Balaban J connectivity index is 1.38. The second-order valence-corrected chi connectivity index (χ2v) is 9.08. The highest BCUT2D eigenvalue weighted by molar-refractivity contribution is 5.93. The molecule has 0 amide bonds. The number of hydrazone groups is 1. The predicted octanol–water partition coefficient (Wildman–Crippen LogP) is 3.44. The molecule has 0 saturated heterocycles. The lowest BCUT2D eigenvalue weighted by molar-refractivity contribution is -0.115. The lowest BCUT2D eigenvalue weighted by atomic mass is 9.93. The van der Waals surface area contributed by atoms with Gasteiger partial charge >= 0.3 is 6.18 Å². The Labute approximate surface area is 205 Å². The number of likely N-dealkylation sites (N-methyl/N-ethyl adjacent to an activating group) is 1. The summed E-state index contributed by atoms with van der Waals surface area (Å²) in [5, 5.41) is 27.6. The molecule has 36 heavy (non-hydrogen) atoms. The molecule has 1 aliphatic carbocycles. The largest absolute Gasteiger partial charge is 0.473 e. The van der Waals surface area contributed by atoms with Gasteiger partial charge < -0.3 is 15.2 Å². The Hall–Kier alpha value is -3.61. The van der Waals surface area contributed by atoms with Crippen LogP contribution in [0.25, 0.3) is 22.2 Å². The summed E-state index contributed by atoms with van der Waals surface area (Å²) >= 11 is 0. The van der Waals surface area contributed by atoms with Crippen molar-refractivity contribution in [3.63, 3.8) is 0 Å². The highest BCUT2D eigenvalue weighted by Crippen LogP contribution is 2.36. The minimum atomic E-state index is -4.35. The van der Waals surface area contributed by atoms with Crippen LogP contribution in [-0.2, 0) is 11.8 Å². The fourth-order valence-electron chi connectivity index (χ4n) is 4.54. The third-order valence-corrected chi connectivity index (χ3v) is 6.37. The van der Waals surface area contributed by atoms with Crippen LogP contribution in [0.4, 0.5) is 19.0 Å². The first-order chi connectivity index (χ1) is 17.2. The molecule has 1 unspecified atom stereocenters. The third-order valence-electron chi connectivity index (χ3n) is 6.37. The molecule has 3 aromatic rings. The number of ether oxygens (including phenoxy) is 1. The van der Waals surface area contributed by atoms with Crippen molar-refractivity contribution in [3.05, 3.63) is 36.8 Å². The number of halogens is 3. The van der Waals surface area contributed by atoms with Gasteiger partial charge in [-0.3, -0.25) is 14.4 Å². The monoisotopic (exact) mass is 504 g/mol. The van der Waals surface area contributed by atoms with Gasteiger partial charge in [-0.1, -0.05) is 0 Å². The number of aryl methyl sites for hydroxylation is 1. The molecule has 2 aliphatic rings. The molecule has 1 atom stereocenters. The number of nitrogens with zero attached hydrogens (tertiary/aromatic N) is 7. The second-order valence-electron chi connectivity index (χ2n) is 9.08. The molecular formula is C23H27F3N8O2. The molecule has 1 aliphatic heterocycles. The summed E-state index contributed by atoms with van der Waals surface area (Å²) in [4.78, 5) is 4.20. The number of nitrogens with one attached hydrogen (secondary N) is 1. The van der Waals surface area contributed by atoms with Gasteiger partial charge in [0.1, 0.15) is 24.2 Å². The SMILES string of the molecule is CN1N=C(O[C@H]2CC[C@@H](n3nc(-c4cnn(C)c4)c4cnc(NCC(F)(F)F)cc43)CC2)C=CC1O. The highest BCUT2D eigenvalue weighted by Gasteiger charge is 2.29. The third kappa shape index (κ3) is 5.15. The van der Waals surface area contributed by atoms with Crippen molar-refractivity contribution < 1.29 is 23.0 Å². The molecule has 13 heteroatoms. The average Bonchev–Trinajstić information content (AvgIpc) is 3.43. The molecule has 3 aromatic heterocycles. The number of aliphatic hydroxyl groups excluding tert-OH is 1. The summed E-state index contributed by atoms with van der Waals surface area (Å²) in [6, 6.07) is 1.67. The molecule has 10 nitrogen and oxygen atoms in total. The quantitative estimate of drug-likeness (QED) is 0.548. The number of aromatic nitrogens is 5. The van der Waals surface area contributed by atoms with E-state index in [4.69, 9.17) is 9.84 Å². The van der Waals surface area contributed by atoms with E-state index in [1.54, 1.807) is 42.3 Å². The Morgan fingerprint density at radius 1 is 1.17 bits per heavy atom. The zero-order chi connectivity index (χ0) is 25.4. The molecule has 5 rings (SSSR count). The minimum absolute atomic E-state index is 0.0291. The maximum absolute atomic E-state index is 12.7. The maximum Gasteiger partial charge on any atom is 0.405 e. The van der Waals surface area contributed by atoms with Gasteiger partial charge in [0.15, 0.2) is 6.23 Å². The van der Waals surface area contributed by atoms with E-state index < -0.39 is 18.9 Å². The Morgan fingerprint density at radius 3 is 2.61 bits per heavy atom. The van der Waals surface area contributed by atoms with E-state index in [1.807, 2.05) is 17.9 Å². The van der Waals surface area contributed by atoms with Crippen molar-refractivity contribution in [3.8, 4) is 11.3 Å². The summed E-state index contributed by atoms with van der Waals surface area (Å²) in [6.07, 6.45) is 6.33. The average molecular weight is 505 g/mol. The molecule has 0 spiro atoms. The van der Waals surface area contributed by atoms with E-state index >= 15 is 0 Å². The van der Waals surface area contributed by atoms with Crippen molar-refractivity contribution in [1.82, 2.24) is 29.6 Å². The van der Waals surface area contributed by atoms with E-state index in [2.05, 4.69) is 20.5 Å². The Kier molecular flexibility index (Phi) is 6.33. The Morgan fingerprint density at radius 2 is 1.94 bits per heavy atom. The minimum Gasteiger partial charge on any atom is -0.473 e. The first-order valence-corrected chi connectivity index (χ1v) is 11.7. The van der Waals surface area contributed by atoms with E-state index in [0.29, 0.717) is 17.1 Å². The Bertz CT molecular complexity index is 1290. The summed E-state index contributed by atoms with van der Waals surface area (Å²) in [5.41, 5.74) is 2.22. The standard InChI is InChI=1S/C23H27F3N8O2/c1-32-12-14(10-29-32)22-17-11-27-19(28-13-23(24,25)26)9-18(17)34(31-22)15-3-5-16(6-4-15)36-20-7-8-21(35)33(2)30-20/h7-12,15-16,21,35H,3-6,13H2,1-2H3,(H,27,28)/t15-,16+,21?. The number of fused-ring (bicyclic) bond motifs is 1. The number of anilines is 1. The molecule has 1 fully saturated rings. The molecule has 4 heterocycles. The molecular weight excluding hydrogens is 477 g/mol. The van der Waals surface area contributed by atoms with Crippen LogP contribution in [0.15, 0.2) is 41.9 Å². The van der Waals surface area contributed by atoms with Gasteiger partial charge in [-0.15, -0.1) is 5.10 Å². The lowest BCUT2D eigenvalue weighted by Gasteiger charge is -2.30. The normalized spacial score (nSPS) is 22.7. The summed E-state index contributed by atoms with van der Waals surface area (Å²) in [6.45, 7) is -1.16. The van der Waals surface area contributed by atoms with Gasteiger partial charge in [-0.05, 0) is 31.8 Å². The number of pyridine rings is 1. The van der Waals surface area contributed by atoms with Gasteiger partial charge in [-0.2, -0.15) is 23.4 Å². The van der Waals surface area contributed by atoms with Crippen LogP contribution in [0.3, 0.4) is 0 Å². The van der Waals surface area contributed by atoms with Gasteiger partial charge in [0.05, 0.1) is 17.8 Å². The van der Waals surface area contributed by atoms with Crippen LogP contribution in [-0.4, -0.2) is 72.7 Å². The number of alkyl halides is 3. The van der Waals surface area contributed by atoms with Crippen LogP contribution in [0.2, 0.25) is 0 Å². The number of aliphatic hydroxyl groups is 1. The van der Waals surface area contributed by atoms with Crippen molar-refractivity contribution >= 4 is 22.6 Å². The van der Waals surface area contributed by atoms with E-state index in [-0.39, 0.29) is 18.0 Å². The first kappa shape index (κ1) is 24.1. The molecule has 0 aromatic carbocycles. The van der Waals surface area contributed by atoms with Gasteiger partial charge in [-0.25, -0.2) is 4.98 Å². The smallest absolute Gasteiger partial charge is 0.405 e. The summed E-state index contributed by atoms with van der Waals surface area (Å²) < 4.78 is 47.8. The maximum atomic E-state index is 12.7. The van der Waals surface area contributed by atoms with Crippen LogP contribution < -0.4 is 5.32 Å². The summed E-state index contributed by atoms with van der Waals surface area (Å²) in [7, 11) is 3.48. The van der Waals surface area contributed by atoms with Crippen LogP contribution >= 0.6 is 0 Å². The van der Waals surface area contributed by atoms with Crippen molar-refractivity contribution in [2.75, 3.05) is 18.9 Å². The van der Waals surface area contributed by atoms with Gasteiger partial charge in [0, 0.05) is 49.6 Å². The number of hydrogen-bond acceptors (Lipinski definition) is 8. The van der Waals surface area contributed by atoms with Gasteiger partial charge in [0.2, 0.25) is 5.90 Å². The van der Waals surface area contributed by atoms with E-state index in [9.17, 15) is 18.3 Å². The molecule has 0 radical (unpaired) electrons. The van der Waals surface area contributed by atoms with Crippen LogP contribution in [0.1, 0.15) is 31.7 Å². The lowest BCUT2D eigenvalue weighted by Crippen LogP contribution is -2.32. The van der Waals surface area contributed by atoms with Crippen LogP contribution in [0, 0.1) is 0 Å². The van der Waals surface area contributed by atoms with E-state index in [0.717, 1.165) is 36.6 Å². The van der Waals surface area contributed by atoms with Crippen molar-refractivity contribution in [2.24, 2.45) is 12.1 Å². The number of rotatable bonds is 5. The first-order valence-electron chi connectivity index (χ1n) is 11.7. The number of hydrogen-bond donors (Lipinski definition) is 2. The fraction of sp³-hybridized carbons (Fsp3) is 0.478. The molecule has 1 saturated carbocycles. The van der Waals surface area contributed by atoms with Crippen LogP contribution in [0.5, 0.6) is 0 Å². The zero-order valence-electron chi connectivity index (χ0n) is 19.9. The van der Waals surface area contributed by atoms with E-state index in [1.165, 1.54) is 5.01 Å². The highest BCUT2D eigenvalue weighted by atomic mass is 19.4.